The fourth-order valence-corrected chi connectivity index (χ4v) is 0.911. The van der Waals surface area contributed by atoms with Gasteiger partial charge in [-0.1, -0.05) is 6.08 Å². The number of rotatable bonds is 2. The van der Waals surface area contributed by atoms with Gasteiger partial charge in [-0.05, 0) is 0 Å². The first-order valence-electron chi connectivity index (χ1n) is 3.12. The van der Waals surface area contributed by atoms with Crippen molar-refractivity contribution in [1.29, 1.82) is 0 Å². The molecule has 0 spiro atoms. The second-order valence-electron chi connectivity index (χ2n) is 2.56. The lowest BCUT2D eigenvalue weighted by molar-refractivity contribution is -0.137. The highest BCUT2D eigenvalue weighted by Gasteiger charge is 2.36. The van der Waals surface area contributed by atoms with Crippen molar-refractivity contribution in [2.45, 2.75) is 6.42 Å². The zero-order valence-electron chi connectivity index (χ0n) is 5.67. The van der Waals surface area contributed by atoms with Crippen molar-refractivity contribution in [3.63, 3.8) is 0 Å². The first-order chi connectivity index (χ1) is 4.72. The van der Waals surface area contributed by atoms with Crippen LogP contribution in [0.4, 0.5) is 0 Å². The number of hydrogen-bond acceptors (Lipinski definition) is 3. The molecule has 0 aliphatic carbocycles. The maximum absolute atomic E-state index is 10.6. The third kappa shape index (κ3) is 1.04. The van der Waals surface area contributed by atoms with E-state index >= 15 is 0 Å². The van der Waals surface area contributed by atoms with E-state index in [-0.39, 0.29) is 25.6 Å². The van der Waals surface area contributed by atoms with Gasteiger partial charge in [0.15, 0.2) is 0 Å². The molecule has 1 saturated heterocycles. The van der Waals surface area contributed by atoms with Crippen LogP contribution in [0.15, 0.2) is 12.7 Å². The van der Waals surface area contributed by atoms with Crippen LogP contribution in [-0.2, 0) is 9.53 Å². The molecule has 3 nitrogen and oxygen atoms in total. The molecule has 3 heteroatoms. The Morgan fingerprint density at radius 1 is 1.90 bits per heavy atom. The average molecular weight is 142 g/mol. The Morgan fingerprint density at radius 2 is 2.60 bits per heavy atom. The van der Waals surface area contributed by atoms with Crippen LogP contribution in [0.3, 0.4) is 0 Å². The fraction of sp³-hybridized carbons (Fsp3) is 0.571. The van der Waals surface area contributed by atoms with Crippen molar-refractivity contribution in [2.24, 2.45) is 5.41 Å². The van der Waals surface area contributed by atoms with E-state index in [1.165, 1.54) is 0 Å². The lowest BCUT2D eigenvalue weighted by Crippen LogP contribution is -2.22. The van der Waals surface area contributed by atoms with Crippen LogP contribution in [-0.4, -0.2) is 24.3 Å². The zero-order valence-corrected chi connectivity index (χ0v) is 5.67. The normalized spacial score (nSPS) is 31.9. The third-order valence-corrected chi connectivity index (χ3v) is 1.76. The Labute approximate surface area is 59.3 Å². The van der Waals surface area contributed by atoms with Crippen LogP contribution in [0, 0.1) is 5.41 Å². The minimum atomic E-state index is -0.503. The number of esters is 1. The van der Waals surface area contributed by atoms with Gasteiger partial charge < -0.3 is 9.84 Å². The molecule has 1 heterocycles. The van der Waals surface area contributed by atoms with Crippen LogP contribution in [0.5, 0.6) is 0 Å². The van der Waals surface area contributed by atoms with Gasteiger partial charge in [0, 0.05) is 0 Å². The predicted octanol–water partition coefficient (Wildman–Crippen LogP) is 0.0980. The highest BCUT2D eigenvalue weighted by atomic mass is 16.5. The summed E-state index contributed by atoms with van der Waals surface area (Å²) in [6.45, 7) is 3.73. The van der Waals surface area contributed by atoms with Crippen LogP contribution in [0.25, 0.3) is 0 Å². The molecule has 10 heavy (non-hydrogen) atoms. The predicted molar refractivity (Wildman–Crippen MR) is 35.3 cm³/mol. The van der Waals surface area contributed by atoms with Gasteiger partial charge in [0.2, 0.25) is 0 Å². The van der Waals surface area contributed by atoms with Crippen LogP contribution in [0.1, 0.15) is 6.42 Å². The Bertz CT molecular complexity index is 164. The molecule has 1 unspecified atom stereocenters. The molecule has 0 amide bonds. The lowest BCUT2D eigenvalue weighted by Gasteiger charge is -2.16. The second kappa shape index (κ2) is 2.42. The average Bonchev–Trinajstić information content (AvgIpc) is 2.33. The summed E-state index contributed by atoms with van der Waals surface area (Å²) in [4.78, 5) is 10.6. The number of hydrogen-bond donors (Lipinski definition) is 1. The zero-order chi connectivity index (χ0) is 7.61. The molecule has 0 aromatic carbocycles. The largest absolute Gasteiger partial charge is 0.465 e. The lowest BCUT2D eigenvalue weighted by atomic mass is 9.89. The maximum atomic E-state index is 10.6. The van der Waals surface area contributed by atoms with Crippen molar-refractivity contribution in [2.75, 3.05) is 13.2 Å². The summed E-state index contributed by atoms with van der Waals surface area (Å²) in [7, 11) is 0. The molecule has 0 radical (unpaired) electrons. The summed E-state index contributed by atoms with van der Waals surface area (Å²) in [6.07, 6.45) is 1.84. The third-order valence-electron chi connectivity index (χ3n) is 1.76. The Balaban J connectivity index is 2.68. The number of carbonyl (C=O) groups excluding carboxylic acids is 1. The monoisotopic (exact) mass is 142 g/mol. The topological polar surface area (TPSA) is 46.5 Å². The standard InChI is InChI=1S/C7H10O3/c1-2-7(4-8)3-6(9)10-5-7/h2,8H,1,3-5H2. The van der Waals surface area contributed by atoms with E-state index in [9.17, 15) is 4.79 Å². The van der Waals surface area contributed by atoms with E-state index in [0.29, 0.717) is 0 Å². The second-order valence-corrected chi connectivity index (χ2v) is 2.56. The molecular weight excluding hydrogens is 132 g/mol. The molecule has 56 valence electrons. The Kier molecular flexibility index (Phi) is 1.76. The minimum Gasteiger partial charge on any atom is -0.465 e. The van der Waals surface area contributed by atoms with Gasteiger partial charge in [-0.15, -0.1) is 6.58 Å². The van der Waals surface area contributed by atoms with E-state index < -0.39 is 5.41 Å². The van der Waals surface area contributed by atoms with Gasteiger partial charge in [0.1, 0.15) is 6.61 Å². The molecule has 1 aliphatic rings. The summed E-state index contributed by atoms with van der Waals surface area (Å²) in [5.74, 6) is -0.256. The summed E-state index contributed by atoms with van der Waals surface area (Å²) in [5, 5.41) is 8.83. The van der Waals surface area contributed by atoms with Crippen LogP contribution < -0.4 is 0 Å². The van der Waals surface area contributed by atoms with Gasteiger partial charge in [0.05, 0.1) is 18.4 Å². The van der Waals surface area contributed by atoms with Gasteiger partial charge in [0.25, 0.3) is 0 Å². The molecule has 0 aromatic rings. The quantitative estimate of drug-likeness (QED) is 0.439. The van der Waals surface area contributed by atoms with E-state index in [4.69, 9.17) is 5.11 Å². The highest BCUT2D eigenvalue weighted by molar-refractivity contribution is 5.73. The molecule has 1 fully saturated rings. The maximum Gasteiger partial charge on any atom is 0.306 e. The van der Waals surface area contributed by atoms with Crippen LogP contribution >= 0.6 is 0 Å². The van der Waals surface area contributed by atoms with Crippen molar-refractivity contribution >= 4 is 5.97 Å². The Hall–Kier alpha value is -0.830. The molecule has 0 aromatic heterocycles. The Morgan fingerprint density at radius 3 is 2.80 bits per heavy atom. The van der Waals surface area contributed by atoms with Gasteiger partial charge in [-0.25, -0.2) is 0 Å². The van der Waals surface area contributed by atoms with Crippen molar-refractivity contribution in [3.8, 4) is 0 Å². The van der Waals surface area contributed by atoms with Crippen LogP contribution in [0.2, 0.25) is 0 Å². The number of aliphatic hydroxyl groups excluding tert-OH is 1. The number of carbonyl (C=O) groups is 1. The van der Waals surface area contributed by atoms with Gasteiger partial charge >= 0.3 is 5.97 Å². The summed E-state index contributed by atoms with van der Waals surface area (Å²) in [6, 6.07) is 0. The molecule has 1 aliphatic heterocycles. The van der Waals surface area contributed by atoms with E-state index in [0.717, 1.165) is 0 Å². The minimum absolute atomic E-state index is 0.0672. The molecule has 1 rings (SSSR count). The molecule has 1 N–H and O–H groups in total. The smallest absolute Gasteiger partial charge is 0.306 e. The number of ether oxygens (including phenoxy) is 1. The molecular formula is C7H10O3. The van der Waals surface area contributed by atoms with Crippen molar-refractivity contribution in [3.05, 3.63) is 12.7 Å². The van der Waals surface area contributed by atoms with Crippen molar-refractivity contribution in [1.82, 2.24) is 0 Å². The summed E-state index contributed by atoms with van der Waals surface area (Å²) in [5.41, 5.74) is -0.503. The number of aliphatic hydroxyl groups is 1. The summed E-state index contributed by atoms with van der Waals surface area (Å²) < 4.78 is 4.68. The SMILES string of the molecule is C=CC1(CO)COC(=O)C1. The number of cyclic esters (lactones) is 1. The molecule has 1 atom stereocenters. The first-order valence-corrected chi connectivity index (χ1v) is 3.12. The summed E-state index contributed by atoms with van der Waals surface area (Å²) >= 11 is 0. The fourth-order valence-electron chi connectivity index (χ4n) is 0.911. The van der Waals surface area contributed by atoms with E-state index in [1.54, 1.807) is 6.08 Å². The van der Waals surface area contributed by atoms with E-state index in [1.807, 2.05) is 0 Å². The van der Waals surface area contributed by atoms with Gasteiger partial charge in [-0.2, -0.15) is 0 Å². The molecule has 0 bridgehead atoms. The first kappa shape index (κ1) is 7.28. The van der Waals surface area contributed by atoms with Crippen molar-refractivity contribution < 1.29 is 14.6 Å². The van der Waals surface area contributed by atoms with E-state index in [2.05, 4.69) is 11.3 Å². The highest BCUT2D eigenvalue weighted by Crippen LogP contribution is 2.29. The van der Waals surface area contributed by atoms with Gasteiger partial charge in [-0.3, -0.25) is 4.79 Å². The molecule has 0 saturated carbocycles.